The Kier molecular flexibility index (Phi) is 3.94. The number of Topliss-reactive ketones (excluding diaryl/α,β-unsaturated/α-hetero) is 1. The van der Waals surface area contributed by atoms with Gasteiger partial charge in [-0.25, -0.2) is 0 Å². The van der Waals surface area contributed by atoms with Gasteiger partial charge >= 0.3 is 0 Å². The summed E-state index contributed by atoms with van der Waals surface area (Å²) < 4.78 is 0. The molecule has 0 heterocycles. The summed E-state index contributed by atoms with van der Waals surface area (Å²) in [6.07, 6.45) is 6.58. The van der Waals surface area contributed by atoms with Crippen LogP contribution in [-0.4, -0.2) is 50.7 Å². The Morgan fingerprint density at radius 3 is 2.74 bits per heavy atom. The van der Waals surface area contributed by atoms with E-state index in [9.17, 15) is 24.9 Å². The highest BCUT2D eigenvalue weighted by Gasteiger charge is 2.71. The molecular formula is C21H29NO5. The highest BCUT2D eigenvalue weighted by atomic mass is 16.3. The van der Waals surface area contributed by atoms with Crippen molar-refractivity contribution in [2.75, 3.05) is 6.61 Å². The van der Waals surface area contributed by atoms with Crippen LogP contribution < -0.4 is 5.73 Å². The van der Waals surface area contributed by atoms with Gasteiger partial charge in [-0.3, -0.25) is 9.59 Å². The summed E-state index contributed by atoms with van der Waals surface area (Å²) >= 11 is 0. The predicted octanol–water partition coefficient (Wildman–Crippen LogP) is 0.639. The Morgan fingerprint density at radius 1 is 1.37 bits per heavy atom. The van der Waals surface area contributed by atoms with E-state index in [-0.39, 0.29) is 30.5 Å². The molecule has 4 aliphatic carbocycles. The van der Waals surface area contributed by atoms with E-state index in [1.54, 1.807) is 6.08 Å². The Morgan fingerprint density at radius 2 is 2.07 bits per heavy atom. The molecule has 0 unspecified atom stereocenters. The van der Waals surface area contributed by atoms with Crippen molar-refractivity contribution < 1.29 is 24.9 Å². The van der Waals surface area contributed by atoms with Gasteiger partial charge in [0.25, 0.3) is 0 Å². The molecule has 2 saturated carbocycles. The van der Waals surface area contributed by atoms with Gasteiger partial charge in [0.15, 0.2) is 11.6 Å². The number of fused-ring (bicyclic) bond motifs is 5. The molecule has 148 valence electrons. The summed E-state index contributed by atoms with van der Waals surface area (Å²) in [5, 5.41) is 31.8. The monoisotopic (exact) mass is 375 g/mol. The number of hydrogen-bond acceptors (Lipinski definition) is 6. The summed E-state index contributed by atoms with van der Waals surface area (Å²) in [7, 11) is 0. The molecule has 0 spiro atoms. The molecule has 7 atom stereocenters. The smallest absolute Gasteiger partial charge is 0.190 e. The van der Waals surface area contributed by atoms with Gasteiger partial charge in [-0.05, 0) is 37.7 Å². The second-order valence-electron chi connectivity index (χ2n) is 9.50. The van der Waals surface area contributed by atoms with Crippen molar-refractivity contribution in [3.05, 3.63) is 23.8 Å². The molecule has 0 amide bonds. The van der Waals surface area contributed by atoms with Gasteiger partial charge in [0.05, 0.1) is 6.10 Å². The first-order valence-electron chi connectivity index (χ1n) is 9.78. The van der Waals surface area contributed by atoms with Gasteiger partial charge in [-0.15, -0.1) is 0 Å². The summed E-state index contributed by atoms with van der Waals surface area (Å²) in [6, 6.07) is 0. The molecular weight excluding hydrogens is 346 g/mol. The zero-order valence-corrected chi connectivity index (χ0v) is 15.9. The summed E-state index contributed by atoms with van der Waals surface area (Å²) in [5.41, 5.74) is 4.13. The molecule has 0 aromatic carbocycles. The van der Waals surface area contributed by atoms with Crippen LogP contribution in [0.1, 0.15) is 46.0 Å². The van der Waals surface area contributed by atoms with Crippen LogP contribution in [0.25, 0.3) is 0 Å². The predicted molar refractivity (Wildman–Crippen MR) is 98.5 cm³/mol. The van der Waals surface area contributed by atoms with Gasteiger partial charge in [-0.1, -0.05) is 31.6 Å². The van der Waals surface area contributed by atoms with Crippen molar-refractivity contribution in [2.24, 2.45) is 28.4 Å². The topological polar surface area (TPSA) is 121 Å². The van der Waals surface area contributed by atoms with Crippen LogP contribution in [0.2, 0.25) is 0 Å². The van der Waals surface area contributed by atoms with Crippen LogP contribution in [0.15, 0.2) is 23.8 Å². The van der Waals surface area contributed by atoms with Crippen LogP contribution >= 0.6 is 0 Å². The van der Waals surface area contributed by atoms with E-state index in [1.807, 2.05) is 26.0 Å². The number of aliphatic hydroxyl groups is 3. The van der Waals surface area contributed by atoms with Crippen molar-refractivity contribution in [1.29, 1.82) is 0 Å². The fraction of sp³-hybridized carbons (Fsp3) is 0.714. The van der Waals surface area contributed by atoms with Crippen molar-refractivity contribution in [2.45, 2.75) is 63.2 Å². The number of carbonyl (C=O) groups is 2. The van der Waals surface area contributed by atoms with Crippen molar-refractivity contribution in [3.8, 4) is 0 Å². The lowest BCUT2D eigenvalue weighted by atomic mass is 9.44. The molecule has 0 aromatic heterocycles. The average molecular weight is 375 g/mol. The van der Waals surface area contributed by atoms with Gasteiger partial charge < -0.3 is 21.1 Å². The Bertz CT molecular complexity index is 775. The minimum atomic E-state index is -1.67. The molecule has 0 bridgehead atoms. The van der Waals surface area contributed by atoms with E-state index in [1.165, 1.54) is 0 Å². The molecule has 2 fully saturated rings. The van der Waals surface area contributed by atoms with E-state index in [0.29, 0.717) is 19.3 Å². The zero-order chi connectivity index (χ0) is 19.8. The van der Waals surface area contributed by atoms with Gasteiger partial charge in [0.1, 0.15) is 12.2 Å². The molecule has 6 nitrogen and oxygen atoms in total. The minimum absolute atomic E-state index is 0.0576. The number of allylic oxidation sites excluding steroid dienone is 3. The fourth-order valence-corrected chi connectivity index (χ4v) is 7.07. The molecule has 27 heavy (non-hydrogen) atoms. The first kappa shape index (κ1) is 19.0. The second kappa shape index (κ2) is 5.60. The maximum Gasteiger partial charge on any atom is 0.190 e. The van der Waals surface area contributed by atoms with Crippen LogP contribution in [0.3, 0.4) is 0 Å². The first-order valence-corrected chi connectivity index (χ1v) is 9.78. The molecule has 0 saturated heterocycles. The third-order valence-electron chi connectivity index (χ3n) is 8.38. The fourth-order valence-electron chi connectivity index (χ4n) is 7.07. The second-order valence-corrected chi connectivity index (χ2v) is 9.50. The number of rotatable bonds is 2. The number of aliphatic hydroxyl groups excluding tert-OH is 2. The van der Waals surface area contributed by atoms with E-state index in [4.69, 9.17) is 5.73 Å². The number of carbonyl (C=O) groups excluding carboxylic acids is 2. The summed E-state index contributed by atoms with van der Waals surface area (Å²) in [5.74, 6) is -0.996. The SMILES string of the molecule is C[C@]12C=CC(=O)CC1=CC[C@]1(N)[C@@H]2[C@@H](O)C[C@@]2(C)[C@H]1CC[C@]2(O)C(=O)CO. The quantitative estimate of drug-likeness (QED) is 0.526. The molecule has 0 aromatic rings. The van der Waals surface area contributed by atoms with Crippen LogP contribution in [-0.2, 0) is 9.59 Å². The third kappa shape index (κ3) is 2.15. The maximum absolute atomic E-state index is 12.4. The van der Waals surface area contributed by atoms with Crippen LogP contribution in [0, 0.1) is 22.7 Å². The molecule has 4 rings (SSSR count). The normalized spacial score (nSPS) is 51.3. The van der Waals surface area contributed by atoms with Gasteiger partial charge in [0, 0.05) is 28.7 Å². The highest BCUT2D eigenvalue weighted by Crippen LogP contribution is 2.67. The molecule has 5 N–H and O–H groups in total. The summed E-state index contributed by atoms with van der Waals surface area (Å²) in [4.78, 5) is 24.3. The standard InChI is InChI=1S/C21H29NO5/c1-18-6-4-13(24)9-12(18)3-7-20(22)15-5-8-21(27,16(26)11-23)19(15,2)10-14(25)17(18)20/h3-4,6,14-15,17,23,25,27H,5,7-11,22H2,1-2H3/t14-,15+,17+,18-,19-,20+,21-/m0/s1. The van der Waals surface area contributed by atoms with Crippen molar-refractivity contribution >= 4 is 11.6 Å². The van der Waals surface area contributed by atoms with Crippen LogP contribution in [0.4, 0.5) is 0 Å². The average Bonchev–Trinajstić information content (AvgIpc) is 2.87. The molecule has 6 heteroatoms. The molecule has 0 aliphatic heterocycles. The first-order chi connectivity index (χ1) is 12.5. The molecule has 0 radical (unpaired) electrons. The van der Waals surface area contributed by atoms with E-state index < -0.39 is 40.5 Å². The van der Waals surface area contributed by atoms with Gasteiger partial charge in [0.2, 0.25) is 0 Å². The number of hydrogen-bond donors (Lipinski definition) is 4. The van der Waals surface area contributed by atoms with E-state index >= 15 is 0 Å². The third-order valence-corrected chi connectivity index (χ3v) is 8.38. The zero-order valence-electron chi connectivity index (χ0n) is 15.9. The largest absolute Gasteiger partial charge is 0.393 e. The Hall–Kier alpha value is -1.34. The lowest BCUT2D eigenvalue weighted by Crippen LogP contribution is -2.72. The van der Waals surface area contributed by atoms with E-state index in [2.05, 4.69) is 0 Å². The highest BCUT2D eigenvalue weighted by molar-refractivity contribution is 5.93. The number of nitrogens with two attached hydrogens (primary N) is 1. The number of ketones is 2. The Balaban J connectivity index is 1.83. The lowest BCUT2D eigenvalue weighted by Gasteiger charge is -2.63. The van der Waals surface area contributed by atoms with Crippen LogP contribution in [0.5, 0.6) is 0 Å². The lowest BCUT2D eigenvalue weighted by molar-refractivity contribution is -0.180. The van der Waals surface area contributed by atoms with Gasteiger partial charge in [-0.2, -0.15) is 0 Å². The Labute approximate surface area is 159 Å². The van der Waals surface area contributed by atoms with Crippen molar-refractivity contribution in [3.63, 3.8) is 0 Å². The summed E-state index contributed by atoms with van der Waals surface area (Å²) in [6.45, 7) is 3.13. The van der Waals surface area contributed by atoms with E-state index in [0.717, 1.165) is 5.57 Å². The maximum atomic E-state index is 12.4. The van der Waals surface area contributed by atoms with Crippen molar-refractivity contribution in [1.82, 2.24) is 0 Å². The minimum Gasteiger partial charge on any atom is -0.393 e. The molecule has 4 aliphatic rings.